The van der Waals surface area contributed by atoms with Crippen LogP contribution in [0.5, 0.6) is 23.0 Å². The molecule has 4 aromatic carbocycles. The third kappa shape index (κ3) is 13.0. The van der Waals surface area contributed by atoms with Gasteiger partial charge in [-0.05, 0) is 117 Å². The van der Waals surface area contributed by atoms with Crippen LogP contribution in [0.25, 0.3) is 0 Å². The summed E-state index contributed by atoms with van der Waals surface area (Å²) < 4.78 is 73.4. The molecule has 288 valence electrons. The largest absolute Gasteiger partial charge is 0.714 e. The quantitative estimate of drug-likeness (QED) is 0.0511. The SMILES string of the molecule is COc1ccc(/C=N/N(C)[P+](=S)Oc2ccc(/C=N/N(C)[P+](=O)Oc3ccc(/C=N/N(C)[P+](=O)Oc4ccc(C(O)P(=O)(OC)OC)cc4)cc3)cc2)cc1. The third-order valence-corrected chi connectivity index (χ3v) is 12.9. The standard InChI is InChI=1S/C34H39N6O10P4S/c1-38(36-24-28-11-19-33(20-12-28)50-53(55)40(3)37-25-26-7-15-30(45-4)16-8-26)51(42)48-31-17-9-27(10-18-31)23-35-39(2)52(43)49-32-21-13-29(14-22-32)34(41)54(44,46-5)47-6/h7-25,34,41H,1-6H3/q+3/b35-23+,36-24+,37-25+. The number of benzene rings is 4. The molecule has 0 aliphatic heterocycles. The zero-order chi connectivity index (χ0) is 40.0. The average Bonchev–Trinajstić information content (AvgIpc) is 3.21. The molecular formula is C34H39N6O10P4S+3. The number of nitrogens with zero attached hydrogens (tertiary/aromatic N) is 6. The molecule has 16 nitrogen and oxygen atoms in total. The zero-order valence-corrected chi connectivity index (χ0v) is 34.9. The van der Waals surface area contributed by atoms with Crippen molar-refractivity contribution in [2.45, 2.75) is 5.85 Å². The fourth-order valence-corrected chi connectivity index (χ4v) is 7.24. The van der Waals surface area contributed by atoms with Gasteiger partial charge in [0.15, 0.2) is 23.1 Å². The Balaban J connectivity index is 1.21. The molecule has 0 aromatic heterocycles. The van der Waals surface area contributed by atoms with Crippen LogP contribution in [-0.2, 0) is 34.5 Å². The molecule has 0 spiro atoms. The molecule has 0 amide bonds. The molecule has 0 aliphatic carbocycles. The highest BCUT2D eigenvalue weighted by atomic mass is 32.4. The van der Waals surface area contributed by atoms with E-state index in [1.807, 2.05) is 24.3 Å². The first-order valence-electron chi connectivity index (χ1n) is 16.0. The smallest absolute Gasteiger partial charge is 0.497 e. The van der Waals surface area contributed by atoms with Crippen molar-refractivity contribution in [1.82, 2.24) is 14.3 Å². The Morgan fingerprint density at radius 2 is 0.945 bits per heavy atom. The molecule has 4 aromatic rings. The first kappa shape index (κ1) is 43.1. The van der Waals surface area contributed by atoms with Crippen molar-refractivity contribution < 1.29 is 46.2 Å². The molecule has 1 N–H and O–H groups in total. The molecule has 0 saturated heterocycles. The average molecular weight is 848 g/mol. The van der Waals surface area contributed by atoms with Gasteiger partial charge in [0.2, 0.25) is 11.8 Å². The maximum atomic E-state index is 12.8. The third-order valence-electron chi connectivity index (χ3n) is 7.24. The van der Waals surface area contributed by atoms with Crippen LogP contribution in [0.1, 0.15) is 28.1 Å². The summed E-state index contributed by atoms with van der Waals surface area (Å²) >= 11 is 5.49. The Morgan fingerprint density at radius 3 is 1.33 bits per heavy atom. The van der Waals surface area contributed by atoms with E-state index in [0.717, 1.165) is 21.7 Å². The highest BCUT2D eigenvalue weighted by Gasteiger charge is 2.34. The van der Waals surface area contributed by atoms with E-state index in [1.165, 1.54) is 69.8 Å². The van der Waals surface area contributed by atoms with Gasteiger partial charge < -0.3 is 18.9 Å². The van der Waals surface area contributed by atoms with Crippen LogP contribution >= 0.6 is 31.0 Å². The van der Waals surface area contributed by atoms with Gasteiger partial charge >= 0.3 is 31.0 Å². The van der Waals surface area contributed by atoms with E-state index in [-0.39, 0.29) is 11.3 Å². The van der Waals surface area contributed by atoms with Crippen LogP contribution in [-0.4, -0.2) is 80.6 Å². The van der Waals surface area contributed by atoms with E-state index in [1.54, 1.807) is 73.7 Å². The summed E-state index contributed by atoms with van der Waals surface area (Å²) in [4.78, 5) is 0. The predicted octanol–water partition coefficient (Wildman–Crippen LogP) is 8.29. The first-order valence-corrected chi connectivity index (χ1v) is 22.1. The van der Waals surface area contributed by atoms with Crippen LogP contribution in [0.3, 0.4) is 0 Å². The van der Waals surface area contributed by atoms with Gasteiger partial charge in [0.1, 0.15) is 5.75 Å². The predicted molar refractivity (Wildman–Crippen MR) is 216 cm³/mol. The van der Waals surface area contributed by atoms with E-state index in [0.29, 0.717) is 17.1 Å². The molecule has 55 heavy (non-hydrogen) atoms. The summed E-state index contributed by atoms with van der Waals surface area (Å²) in [6.45, 7) is 0. The van der Waals surface area contributed by atoms with E-state index in [9.17, 15) is 18.8 Å². The Bertz CT molecular complexity index is 2050. The monoisotopic (exact) mass is 847 g/mol. The second-order valence-electron chi connectivity index (χ2n) is 10.9. The van der Waals surface area contributed by atoms with Gasteiger partial charge in [-0.2, -0.15) is 0 Å². The summed E-state index contributed by atoms with van der Waals surface area (Å²) in [5.41, 5.74) is 2.55. The minimum absolute atomic E-state index is 0.232. The molecule has 0 heterocycles. The summed E-state index contributed by atoms with van der Waals surface area (Å²) in [7, 11) is -1.25. The number of aliphatic hydroxyl groups is 1. The molecule has 0 radical (unpaired) electrons. The van der Waals surface area contributed by atoms with Crippen LogP contribution in [0, 0.1) is 0 Å². The minimum atomic E-state index is -3.74. The van der Waals surface area contributed by atoms with Crippen molar-refractivity contribution in [2.24, 2.45) is 15.3 Å². The zero-order valence-electron chi connectivity index (χ0n) is 30.5. The fraction of sp³-hybridized carbons (Fsp3) is 0.206. The van der Waals surface area contributed by atoms with Crippen LogP contribution in [0.2, 0.25) is 0 Å². The second-order valence-corrected chi connectivity index (χ2v) is 17.9. The lowest BCUT2D eigenvalue weighted by molar-refractivity contribution is 0.176. The Labute approximate surface area is 326 Å². The fourth-order valence-electron chi connectivity index (χ4n) is 4.10. The summed E-state index contributed by atoms with van der Waals surface area (Å²) in [5, 5.41) is 23.1. The topological polar surface area (TPSA) is 174 Å². The maximum Gasteiger partial charge on any atom is 0.714 e. The number of methoxy groups -OCH3 is 1. The number of hydrogen-bond donors (Lipinski definition) is 1. The number of ether oxygens (including phenoxy) is 1. The van der Waals surface area contributed by atoms with Gasteiger partial charge in [-0.3, -0.25) is 9.09 Å². The van der Waals surface area contributed by atoms with Crippen molar-refractivity contribution in [3.05, 3.63) is 119 Å². The minimum Gasteiger partial charge on any atom is -0.497 e. The molecule has 4 rings (SSSR count). The first-order chi connectivity index (χ1) is 26.3. The van der Waals surface area contributed by atoms with E-state index < -0.39 is 36.9 Å². The number of rotatable bonds is 20. The molecule has 0 saturated carbocycles. The van der Waals surface area contributed by atoms with Gasteiger partial charge in [0.25, 0.3) is 0 Å². The Kier molecular flexibility index (Phi) is 16.3. The molecule has 0 fully saturated rings. The molecule has 0 aliphatic rings. The number of aliphatic hydroxyl groups excluding tert-OH is 1. The van der Waals surface area contributed by atoms with Crippen molar-refractivity contribution in [3.8, 4) is 23.0 Å². The van der Waals surface area contributed by atoms with Gasteiger partial charge in [0.05, 0.1) is 46.9 Å². The van der Waals surface area contributed by atoms with Crippen LogP contribution in [0.4, 0.5) is 0 Å². The van der Waals surface area contributed by atoms with E-state index in [4.69, 9.17) is 39.2 Å². The molecule has 0 bridgehead atoms. The van der Waals surface area contributed by atoms with Gasteiger partial charge in [0, 0.05) is 23.3 Å². The lowest BCUT2D eigenvalue weighted by atomic mass is 10.2. The number of hydrazone groups is 3. The molecule has 4 unspecified atom stereocenters. The normalized spacial score (nSPS) is 13.0. The Hall–Kier alpha value is -4.68. The maximum absolute atomic E-state index is 12.8. The van der Waals surface area contributed by atoms with Gasteiger partial charge in [-0.25, -0.2) is 9.05 Å². The summed E-state index contributed by atoms with van der Waals surface area (Å²) in [6.07, 6.45) is 4.69. The molecule has 4 atom stereocenters. The summed E-state index contributed by atoms with van der Waals surface area (Å²) in [5.74, 6) is 0.401. The van der Waals surface area contributed by atoms with Crippen molar-refractivity contribution in [1.29, 1.82) is 0 Å². The lowest BCUT2D eigenvalue weighted by Crippen LogP contribution is -2.05. The van der Waals surface area contributed by atoms with Crippen molar-refractivity contribution in [3.63, 3.8) is 0 Å². The van der Waals surface area contributed by atoms with E-state index >= 15 is 0 Å². The lowest BCUT2D eigenvalue weighted by Gasteiger charge is -2.19. The highest BCUT2D eigenvalue weighted by molar-refractivity contribution is 8.02. The highest BCUT2D eigenvalue weighted by Crippen LogP contribution is 2.58. The number of hydrogen-bond acceptors (Lipinski definition) is 14. The van der Waals surface area contributed by atoms with Crippen LogP contribution in [0.15, 0.2) is 112 Å². The van der Waals surface area contributed by atoms with Crippen LogP contribution < -0.4 is 18.3 Å². The second kappa shape index (κ2) is 20.8. The summed E-state index contributed by atoms with van der Waals surface area (Å²) in [6, 6.07) is 27.0. The van der Waals surface area contributed by atoms with Crippen molar-refractivity contribution in [2.75, 3.05) is 42.5 Å². The van der Waals surface area contributed by atoms with Gasteiger partial charge in [-0.1, -0.05) is 16.9 Å². The Morgan fingerprint density at radius 1 is 0.600 bits per heavy atom. The van der Waals surface area contributed by atoms with Gasteiger partial charge in [-0.15, -0.1) is 15.3 Å². The van der Waals surface area contributed by atoms with Crippen molar-refractivity contribution >= 4 is 61.5 Å². The molecule has 21 heteroatoms. The van der Waals surface area contributed by atoms with E-state index in [2.05, 4.69) is 15.3 Å². The molecular weight excluding hydrogens is 808 g/mol.